The van der Waals surface area contributed by atoms with E-state index in [1.165, 1.54) is 13.0 Å². The van der Waals surface area contributed by atoms with E-state index in [9.17, 15) is 31.1 Å². The molecular weight excluding hydrogens is 336 g/mol. The first-order chi connectivity index (χ1) is 9.99. The summed E-state index contributed by atoms with van der Waals surface area (Å²) in [7, 11) is 0. The molecule has 0 aliphatic heterocycles. The number of hydrogen-bond donors (Lipinski definition) is 0. The van der Waals surface area contributed by atoms with Crippen molar-refractivity contribution in [1.82, 2.24) is 0 Å². The van der Waals surface area contributed by atoms with Crippen molar-refractivity contribution < 1.29 is 35.9 Å². The van der Waals surface area contributed by atoms with Crippen LogP contribution in [0.3, 0.4) is 0 Å². The lowest BCUT2D eigenvalue weighted by Crippen LogP contribution is -2.16. The molecule has 1 aromatic rings. The summed E-state index contributed by atoms with van der Waals surface area (Å²) >= 11 is -0.859. The van der Waals surface area contributed by atoms with Crippen LogP contribution in [0.4, 0.5) is 26.3 Å². The van der Waals surface area contributed by atoms with E-state index in [2.05, 4.69) is 4.74 Å². The zero-order chi connectivity index (χ0) is 17.1. The van der Waals surface area contributed by atoms with Gasteiger partial charge in [0.05, 0.1) is 23.3 Å². The first-order valence-electron chi connectivity index (χ1n) is 5.57. The van der Waals surface area contributed by atoms with Gasteiger partial charge in [-0.3, -0.25) is 0 Å². The van der Waals surface area contributed by atoms with Gasteiger partial charge in [-0.1, -0.05) is 0 Å². The minimum Gasteiger partial charge on any atom is -0.462 e. The Hall–Kier alpha value is -1.89. The fraction of sp³-hybridized carbons (Fsp3) is 0.333. The minimum absolute atomic E-state index is 0.128. The van der Waals surface area contributed by atoms with Crippen molar-refractivity contribution in [3.63, 3.8) is 0 Å². The number of rotatable bonds is 3. The van der Waals surface area contributed by atoms with E-state index in [0.29, 0.717) is 6.07 Å². The molecule has 0 spiro atoms. The van der Waals surface area contributed by atoms with Crippen molar-refractivity contribution in [2.24, 2.45) is 0 Å². The third-order valence-corrected chi connectivity index (χ3v) is 3.06. The summed E-state index contributed by atoms with van der Waals surface area (Å²) in [6.45, 7) is 1.13. The van der Waals surface area contributed by atoms with E-state index >= 15 is 0 Å². The largest absolute Gasteiger partial charge is 0.462 e. The molecule has 0 heterocycles. The van der Waals surface area contributed by atoms with E-state index < -0.39 is 51.0 Å². The summed E-state index contributed by atoms with van der Waals surface area (Å²) in [5.41, 5.74) is -8.16. The average molecular weight is 343 g/mol. The van der Waals surface area contributed by atoms with Crippen LogP contribution in [0.5, 0.6) is 0 Å². The van der Waals surface area contributed by atoms with Crippen LogP contribution in [0.2, 0.25) is 0 Å². The highest BCUT2D eigenvalue weighted by Crippen LogP contribution is 2.42. The van der Waals surface area contributed by atoms with Crippen molar-refractivity contribution >= 4 is 17.7 Å². The van der Waals surface area contributed by atoms with Gasteiger partial charge >= 0.3 is 17.7 Å². The topological polar surface area (TPSA) is 50.1 Å². The Morgan fingerprint density at radius 3 is 2.27 bits per heavy atom. The van der Waals surface area contributed by atoms with Crippen molar-refractivity contribution in [2.75, 3.05) is 6.61 Å². The number of esters is 1. The standard InChI is InChI=1S/C12H7F6NO2S/c1-2-21-10(20)7-3-6(5-19)9(22-12(16,17)18)4-8(7)11(13,14)15/h3-4H,2H2,1H3. The third-order valence-electron chi connectivity index (χ3n) is 2.27. The molecule has 0 saturated carbocycles. The number of nitrogens with zero attached hydrogens (tertiary/aromatic N) is 1. The van der Waals surface area contributed by atoms with E-state index in [-0.39, 0.29) is 12.7 Å². The zero-order valence-electron chi connectivity index (χ0n) is 10.8. The number of hydrogen-bond acceptors (Lipinski definition) is 4. The maximum absolute atomic E-state index is 12.9. The lowest BCUT2D eigenvalue weighted by Gasteiger charge is -2.15. The minimum atomic E-state index is -5.07. The summed E-state index contributed by atoms with van der Waals surface area (Å²) in [6.07, 6.45) is -5.07. The van der Waals surface area contributed by atoms with Crippen LogP contribution < -0.4 is 0 Å². The molecule has 0 bridgehead atoms. The lowest BCUT2D eigenvalue weighted by molar-refractivity contribution is -0.138. The number of carbonyl (C=O) groups is 1. The Morgan fingerprint density at radius 1 is 1.27 bits per heavy atom. The Morgan fingerprint density at radius 2 is 1.86 bits per heavy atom. The number of benzene rings is 1. The van der Waals surface area contributed by atoms with Gasteiger partial charge in [0.1, 0.15) is 6.07 Å². The van der Waals surface area contributed by atoms with Gasteiger partial charge in [-0.25, -0.2) is 4.79 Å². The maximum atomic E-state index is 12.9. The molecule has 0 amide bonds. The molecule has 0 aliphatic rings. The molecule has 0 fully saturated rings. The molecule has 0 atom stereocenters. The highest BCUT2D eigenvalue weighted by molar-refractivity contribution is 8.00. The SMILES string of the molecule is CCOC(=O)c1cc(C#N)c(SC(F)(F)F)cc1C(F)(F)F. The van der Waals surface area contributed by atoms with Gasteiger partial charge in [-0.05, 0) is 30.8 Å². The average Bonchev–Trinajstić information content (AvgIpc) is 2.35. The second kappa shape index (κ2) is 6.48. The molecule has 0 aromatic heterocycles. The molecule has 1 rings (SSSR count). The summed E-state index contributed by atoms with van der Waals surface area (Å²) in [6, 6.07) is 1.92. The fourth-order valence-corrected chi connectivity index (χ4v) is 2.13. The van der Waals surface area contributed by atoms with Gasteiger partial charge < -0.3 is 4.74 Å². The molecule has 0 radical (unpaired) electrons. The van der Waals surface area contributed by atoms with Crippen molar-refractivity contribution in [3.05, 3.63) is 28.8 Å². The van der Waals surface area contributed by atoms with Gasteiger partial charge in [0.15, 0.2) is 0 Å². The molecule has 1 aromatic carbocycles. The van der Waals surface area contributed by atoms with Crippen molar-refractivity contribution in [2.45, 2.75) is 23.5 Å². The summed E-state index contributed by atoms with van der Waals surface area (Å²) in [5, 5.41) is 8.78. The molecule has 10 heteroatoms. The fourth-order valence-electron chi connectivity index (χ4n) is 1.49. The smallest absolute Gasteiger partial charge is 0.446 e. The molecule has 0 saturated heterocycles. The maximum Gasteiger partial charge on any atom is 0.446 e. The number of alkyl halides is 6. The summed E-state index contributed by atoms with van der Waals surface area (Å²) in [5.74, 6) is -1.37. The van der Waals surface area contributed by atoms with E-state index in [4.69, 9.17) is 5.26 Å². The molecule has 0 unspecified atom stereocenters. The number of carbonyl (C=O) groups excluding carboxylic acids is 1. The van der Waals surface area contributed by atoms with Gasteiger partial charge in [0.2, 0.25) is 0 Å². The number of ether oxygens (including phenoxy) is 1. The van der Waals surface area contributed by atoms with Crippen molar-refractivity contribution in [3.8, 4) is 6.07 Å². The highest BCUT2D eigenvalue weighted by atomic mass is 32.2. The van der Waals surface area contributed by atoms with Crippen LogP contribution in [-0.4, -0.2) is 18.1 Å². The molecule has 120 valence electrons. The van der Waals surface area contributed by atoms with E-state index in [1.54, 1.807) is 0 Å². The first kappa shape index (κ1) is 18.2. The number of halogens is 6. The third kappa shape index (κ3) is 4.56. The summed E-state index contributed by atoms with van der Waals surface area (Å²) in [4.78, 5) is 10.6. The quantitative estimate of drug-likeness (QED) is 0.465. The second-order valence-electron chi connectivity index (χ2n) is 3.77. The van der Waals surface area contributed by atoms with Crippen LogP contribution in [0, 0.1) is 11.3 Å². The van der Waals surface area contributed by atoms with E-state index in [0.717, 1.165) is 0 Å². The Bertz CT molecular complexity index is 618. The van der Waals surface area contributed by atoms with Crippen LogP contribution in [-0.2, 0) is 10.9 Å². The predicted octanol–water partition coefficient (Wildman–Crippen LogP) is 4.37. The monoisotopic (exact) mass is 343 g/mol. The molecule has 22 heavy (non-hydrogen) atoms. The van der Waals surface area contributed by atoms with Crippen LogP contribution in [0.15, 0.2) is 17.0 Å². The summed E-state index contributed by atoms with van der Waals surface area (Å²) < 4.78 is 80.2. The van der Waals surface area contributed by atoms with Gasteiger partial charge in [0, 0.05) is 4.90 Å². The first-order valence-corrected chi connectivity index (χ1v) is 6.39. The number of nitriles is 1. The van der Waals surface area contributed by atoms with Crippen LogP contribution in [0.1, 0.15) is 28.4 Å². The molecular formula is C12H7F6NO2S. The predicted molar refractivity (Wildman–Crippen MR) is 64.0 cm³/mol. The van der Waals surface area contributed by atoms with Crippen LogP contribution in [0.25, 0.3) is 0 Å². The normalized spacial score (nSPS) is 11.9. The van der Waals surface area contributed by atoms with Gasteiger partial charge in [0.25, 0.3) is 0 Å². The second-order valence-corrected chi connectivity index (χ2v) is 4.88. The van der Waals surface area contributed by atoms with Crippen molar-refractivity contribution in [1.29, 1.82) is 5.26 Å². The molecule has 3 nitrogen and oxygen atoms in total. The molecule has 0 aliphatic carbocycles. The molecule has 0 N–H and O–H groups in total. The Balaban J connectivity index is 3.53. The van der Waals surface area contributed by atoms with E-state index in [1.807, 2.05) is 0 Å². The number of thioether (sulfide) groups is 1. The Labute approximate surface area is 124 Å². The Kier molecular flexibility index (Phi) is 5.35. The lowest BCUT2D eigenvalue weighted by atomic mass is 10.0. The zero-order valence-corrected chi connectivity index (χ0v) is 11.6. The van der Waals surface area contributed by atoms with Gasteiger partial charge in [-0.2, -0.15) is 31.6 Å². The van der Waals surface area contributed by atoms with Crippen LogP contribution >= 0.6 is 11.8 Å². The van der Waals surface area contributed by atoms with Gasteiger partial charge in [-0.15, -0.1) is 0 Å². The highest BCUT2D eigenvalue weighted by Gasteiger charge is 2.39.